The Labute approximate surface area is 107 Å². The predicted octanol–water partition coefficient (Wildman–Crippen LogP) is 2.34. The third-order valence-corrected chi connectivity index (χ3v) is 5.16. The van der Waals surface area contributed by atoms with Crippen molar-refractivity contribution in [3.8, 4) is 0 Å². The molecule has 1 atom stereocenters. The quantitative estimate of drug-likeness (QED) is 0.859. The zero-order chi connectivity index (χ0) is 13.2. The van der Waals surface area contributed by atoms with Gasteiger partial charge in [-0.2, -0.15) is 4.31 Å². The van der Waals surface area contributed by atoms with Crippen LogP contribution >= 0.6 is 11.6 Å². The van der Waals surface area contributed by atoms with Gasteiger partial charge in [-0.25, -0.2) is 8.42 Å². The molecule has 17 heavy (non-hydrogen) atoms. The average Bonchev–Trinajstić information content (AvgIpc) is 2.30. The van der Waals surface area contributed by atoms with Crippen LogP contribution in [0.3, 0.4) is 0 Å². The molecule has 1 aromatic carbocycles. The van der Waals surface area contributed by atoms with Crippen LogP contribution in [0.2, 0.25) is 5.02 Å². The summed E-state index contributed by atoms with van der Waals surface area (Å²) in [4.78, 5) is 0.166. The summed E-state index contributed by atoms with van der Waals surface area (Å²) in [6.07, 6.45) is 0.748. The van der Waals surface area contributed by atoms with Crippen molar-refractivity contribution in [2.24, 2.45) is 0 Å². The highest BCUT2D eigenvalue weighted by molar-refractivity contribution is 7.89. The van der Waals surface area contributed by atoms with Gasteiger partial charge in [0, 0.05) is 13.1 Å². The average molecular weight is 277 g/mol. The van der Waals surface area contributed by atoms with Crippen molar-refractivity contribution in [3.05, 3.63) is 23.2 Å². The monoisotopic (exact) mass is 276 g/mol. The summed E-state index contributed by atoms with van der Waals surface area (Å²) in [7, 11) is -1.93. The summed E-state index contributed by atoms with van der Waals surface area (Å²) in [5.41, 5.74) is 5.93. The highest BCUT2D eigenvalue weighted by Gasteiger charge is 2.24. The van der Waals surface area contributed by atoms with E-state index < -0.39 is 10.0 Å². The number of nitrogen functional groups attached to an aromatic ring is 1. The maximum absolute atomic E-state index is 12.2. The molecule has 0 aliphatic rings. The van der Waals surface area contributed by atoms with Gasteiger partial charge < -0.3 is 5.73 Å². The lowest BCUT2D eigenvalue weighted by atomic mass is 10.3. The molecule has 0 fully saturated rings. The molecule has 96 valence electrons. The first kappa shape index (κ1) is 14.3. The number of sulfonamides is 1. The van der Waals surface area contributed by atoms with Gasteiger partial charge in [0.1, 0.15) is 0 Å². The Hall–Kier alpha value is -0.780. The van der Waals surface area contributed by atoms with Crippen LogP contribution in [0.4, 0.5) is 5.69 Å². The van der Waals surface area contributed by atoms with Gasteiger partial charge >= 0.3 is 0 Å². The highest BCUT2D eigenvalue weighted by Crippen LogP contribution is 2.25. The van der Waals surface area contributed by atoms with E-state index in [9.17, 15) is 8.42 Å². The Balaban J connectivity index is 3.17. The van der Waals surface area contributed by atoms with Crippen LogP contribution < -0.4 is 5.73 Å². The molecule has 0 saturated carbocycles. The summed E-state index contributed by atoms with van der Waals surface area (Å²) in [6.45, 7) is 3.79. The second-order valence-electron chi connectivity index (χ2n) is 3.96. The fourth-order valence-electron chi connectivity index (χ4n) is 1.33. The number of nitrogens with zero attached hydrogens (tertiary/aromatic N) is 1. The van der Waals surface area contributed by atoms with Gasteiger partial charge in [-0.3, -0.25) is 0 Å². The fraction of sp³-hybridized carbons (Fsp3) is 0.455. The summed E-state index contributed by atoms with van der Waals surface area (Å²) in [6, 6.07) is 4.29. The maximum atomic E-state index is 12.2. The SMILES string of the molecule is CCC(C)N(C)S(=O)(=O)c1ccc(N)c(Cl)c1. The van der Waals surface area contributed by atoms with Gasteiger partial charge in [0.25, 0.3) is 0 Å². The fourth-order valence-corrected chi connectivity index (χ4v) is 3.04. The molecule has 1 rings (SSSR count). The van der Waals surface area contributed by atoms with E-state index in [1.165, 1.54) is 22.5 Å². The normalized spacial score (nSPS) is 13.9. The molecule has 0 amide bonds. The highest BCUT2D eigenvalue weighted by atomic mass is 35.5. The van der Waals surface area contributed by atoms with Crippen molar-refractivity contribution in [1.29, 1.82) is 0 Å². The maximum Gasteiger partial charge on any atom is 0.243 e. The molecule has 0 saturated heterocycles. The minimum atomic E-state index is -3.50. The van der Waals surface area contributed by atoms with E-state index >= 15 is 0 Å². The van der Waals surface area contributed by atoms with E-state index in [4.69, 9.17) is 17.3 Å². The third kappa shape index (κ3) is 2.91. The number of anilines is 1. The predicted molar refractivity (Wildman–Crippen MR) is 70.6 cm³/mol. The Morgan fingerprint density at radius 2 is 2.06 bits per heavy atom. The first-order chi connectivity index (χ1) is 7.80. The Morgan fingerprint density at radius 3 is 2.53 bits per heavy atom. The molecular formula is C11H17ClN2O2S. The second kappa shape index (κ2) is 5.25. The van der Waals surface area contributed by atoms with Gasteiger partial charge in [0.2, 0.25) is 10.0 Å². The van der Waals surface area contributed by atoms with E-state index in [1.807, 2.05) is 13.8 Å². The second-order valence-corrected chi connectivity index (χ2v) is 6.37. The molecule has 0 heterocycles. The number of hydrogen-bond donors (Lipinski definition) is 1. The van der Waals surface area contributed by atoms with Gasteiger partial charge in [-0.05, 0) is 31.5 Å². The standard InChI is InChI=1S/C11H17ClN2O2S/c1-4-8(2)14(3)17(15,16)9-5-6-11(13)10(12)7-9/h5-8H,4,13H2,1-3H3. The van der Waals surface area contributed by atoms with Crippen molar-refractivity contribution in [2.45, 2.75) is 31.2 Å². The number of rotatable bonds is 4. The molecule has 1 unspecified atom stereocenters. The van der Waals surface area contributed by atoms with E-state index in [2.05, 4.69) is 0 Å². The minimum Gasteiger partial charge on any atom is -0.398 e. The summed E-state index contributed by atoms with van der Waals surface area (Å²) >= 11 is 5.83. The molecular weight excluding hydrogens is 260 g/mol. The lowest BCUT2D eigenvalue weighted by Crippen LogP contribution is -2.34. The third-order valence-electron chi connectivity index (χ3n) is 2.86. The summed E-state index contributed by atoms with van der Waals surface area (Å²) < 4.78 is 25.8. The Morgan fingerprint density at radius 1 is 1.47 bits per heavy atom. The van der Waals surface area contributed by atoms with Gasteiger partial charge in [-0.1, -0.05) is 18.5 Å². The van der Waals surface area contributed by atoms with Crippen LogP contribution in [0.5, 0.6) is 0 Å². The largest absolute Gasteiger partial charge is 0.398 e. The van der Waals surface area contributed by atoms with E-state index in [-0.39, 0.29) is 16.0 Å². The molecule has 4 nitrogen and oxygen atoms in total. The van der Waals surface area contributed by atoms with Crippen molar-refractivity contribution in [1.82, 2.24) is 4.31 Å². The van der Waals surface area contributed by atoms with Crippen LogP contribution in [0, 0.1) is 0 Å². The number of nitrogens with two attached hydrogens (primary N) is 1. The first-order valence-electron chi connectivity index (χ1n) is 5.33. The van der Waals surface area contributed by atoms with Gasteiger partial charge in [0.05, 0.1) is 15.6 Å². The first-order valence-corrected chi connectivity index (χ1v) is 7.15. The summed E-state index contributed by atoms with van der Waals surface area (Å²) in [5, 5.41) is 0.253. The van der Waals surface area contributed by atoms with Crippen molar-refractivity contribution < 1.29 is 8.42 Å². The number of halogens is 1. The molecule has 1 aromatic rings. The minimum absolute atomic E-state index is 0.0590. The number of hydrogen-bond acceptors (Lipinski definition) is 3. The van der Waals surface area contributed by atoms with Gasteiger partial charge in [-0.15, -0.1) is 0 Å². The van der Waals surface area contributed by atoms with E-state index in [1.54, 1.807) is 7.05 Å². The number of benzene rings is 1. The zero-order valence-corrected chi connectivity index (χ0v) is 11.7. The van der Waals surface area contributed by atoms with Crippen LogP contribution in [0.25, 0.3) is 0 Å². The molecule has 0 spiro atoms. The molecule has 0 aliphatic heterocycles. The molecule has 6 heteroatoms. The van der Waals surface area contributed by atoms with E-state index in [0.717, 1.165) is 6.42 Å². The van der Waals surface area contributed by atoms with E-state index in [0.29, 0.717) is 5.69 Å². The molecule has 0 aliphatic carbocycles. The lowest BCUT2D eigenvalue weighted by molar-refractivity contribution is 0.380. The molecule has 0 bridgehead atoms. The molecule has 0 radical (unpaired) electrons. The smallest absolute Gasteiger partial charge is 0.243 e. The summed E-state index contributed by atoms with van der Waals surface area (Å²) in [5.74, 6) is 0. The molecule has 0 aromatic heterocycles. The van der Waals surface area contributed by atoms with Crippen molar-refractivity contribution in [3.63, 3.8) is 0 Å². The molecule has 2 N–H and O–H groups in total. The Kier molecular flexibility index (Phi) is 4.41. The van der Waals surface area contributed by atoms with Crippen molar-refractivity contribution in [2.75, 3.05) is 12.8 Å². The van der Waals surface area contributed by atoms with Crippen LogP contribution in [-0.2, 0) is 10.0 Å². The van der Waals surface area contributed by atoms with Crippen LogP contribution in [0.1, 0.15) is 20.3 Å². The van der Waals surface area contributed by atoms with Crippen molar-refractivity contribution >= 4 is 27.3 Å². The van der Waals surface area contributed by atoms with Gasteiger partial charge in [0.15, 0.2) is 0 Å². The zero-order valence-electron chi connectivity index (χ0n) is 10.1. The Bertz CT molecular complexity index is 502. The van der Waals surface area contributed by atoms with Crippen LogP contribution in [-0.4, -0.2) is 25.8 Å². The lowest BCUT2D eigenvalue weighted by Gasteiger charge is -2.23. The topological polar surface area (TPSA) is 63.4 Å². The van der Waals surface area contributed by atoms with Crippen LogP contribution in [0.15, 0.2) is 23.1 Å².